The molecule has 24 heavy (non-hydrogen) atoms. The fourth-order valence-electron chi connectivity index (χ4n) is 3.84. The molecule has 1 aliphatic heterocycles. The molecule has 0 aliphatic carbocycles. The Morgan fingerprint density at radius 1 is 1.17 bits per heavy atom. The van der Waals surface area contributed by atoms with Gasteiger partial charge in [0.2, 0.25) is 0 Å². The minimum absolute atomic E-state index is 0.0299. The van der Waals surface area contributed by atoms with E-state index in [0.29, 0.717) is 0 Å². The summed E-state index contributed by atoms with van der Waals surface area (Å²) in [7, 11) is 0. The Bertz CT molecular complexity index is 951. The SMILES string of the molecule is C/C=C\C(=O)N1c2ccccc2C[C@@H]1c1c(C)[nH]c2ccccc12. The average molecular weight is 316 g/mol. The maximum absolute atomic E-state index is 12.8. The van der Waals surface area contributed by atoms with Crippen LogP contribution in [0.4, 0.5) is 5.69 Å². The molecule has 1 aliphatic rings. The third-order valence-corrected chi connectivity index (χ3v) is 4.80. The lowest BCUT2D eigenvalue weighted by molar-refractivity contribution is -0.114. The van der Waals surface area contributed by atoms with Gasteiger partial charge in [0, 0.05) is 27.8 Å². The second-order valence-electron chi connectivity index (χ2n) is 6.27. The number of carbonyl (C=O) groups is 1. The highest BCUT2D eigenvalue weighted by atomic mass is 16.2. The number of hydrogen-bond donors (Lipinski definition) is 1. The second-order valence-corrected chi connectivity index (χ2v) is 6.27. The lowest BCUT2D eigenvalue weighted by Gasteiger charge is -2.25. The maximum Gasteiger partial charge on any atom is 0.251 e. The Labute approximate surface area is 141 Å². The molecule has 0 saturated carbocycles. The van der Waals surface area contributed by atoms with Gasteiger partial charge in [-0.05, 0) is 44.0 Å². The van der Waals surface area contributed by atoms with Gasteiger partial charge in [0.05, 0.1) is 6.04 Å². The standard InChI is InChI=1S/C21H20N2O/c1-3-8-20(24)23-18-12-7-4-9-15(18)13-19(23)21-14(2)22-17-11-6-5-10-16(17)21/h3-12,19,22H,13H2,1-2H3/b8-3-/t19-/m1/s1. The first-order chi connectivity index (χ1) is 11.7. The van der Waals surface area contributed by atoms with Gasteiger partial charge in [0.15, 0.2) is 0 Å². The number of anilines is 1. The van der Waals surface area contributed by atoms with E-state index in [9.17, 15) is 4.79 Å². The van der Waals surface area contributed by atoms with Gasteiger partial charge in [-0.1, -0.05) is 42.5 Å². The summed E-state index contributed by atoms with van der Waals surface area (Å²) in [5.41, 5.74) is 5.73. The predicted octanol–water partition coefficient (Wildman–Crippen LogP) is 4.68. The number of fused-ring (bicyclic) bond motifs is 2. The van der Waals surface area contributed by atoms with Gasteiger partial charge in [-0.25, -0.2) is 0 Å². The number of hydrogen-bond acceptors (Lipinski definition) is 1. The van der Waals surface area contributed by atoms with Crippen molar-refractivity contribution >= 4 is 22.5 Å². The van der Waals surface area contributed by atoms with Gasteiger partial charge in [-0.3, -0.25) is 4.79 Å². The Morgan fingerprint density at radius 2 is 1.92 bits per heavy atom. The van der Waals surface area contributed by atoms with Crippen molar-refractivity contribution in [3.63, 3.8) is 0 Å². The first-order valence-electron chi connectivity index (χ1n) is 8.31. The van der Waals surface area contributed by atoms with E-state index in [1.807, 2.05) is 42.2 Å². The lowest BCUT2D eigenvalue weighted by atomic mass is 9.99. The molecule has 1 N–H and O–H groups in total. The molecule has 0 saturated heterocycles. The topological polar surface area (TPSA) is 36.1 Å². The summed E-state index contributed by atoms with van der Waals surface area (Å²) < 4.78 is 0. The van der Waals surface area contributed by atoms with Crippen LogP contribution in [-0.4, -0.2) is 10.9 Å². The summed E-state index contributed by atoms with van der Waals surface area (Å²) in [6.07, 6.45) is 4.31. The highest BCUT2D eigenvalue weighted by molar-refractivity contribution is 6.04. The smallest absolute Gasteiger partial charge is 0.251 e. The van der Waals surface area contributed by atoms with Crippen LogP contribution >= 0.6 is 0 Å². The number of para-hydroxylation sites is 2. The molecule has 0 radical (unpaired) electrons. The van der Waals surface area contributed by atoms with Crippen molar-refractivity contribution < 1.29 is 4.79 Å². The first-order valence-corrected chi connectivity index (χ1v) is 8.31. The minimum Gasteiger partial charge on any atom is -0.358 e. The molecule has 1 aromatic heterocycles. The predicted molar refractivity (Wildman–Crippen MR) is 98.2 cm³/mol. The number of rotatable bonds is 2. The summed E-state index contributed by atoms with van der Waals surface area (Å²) in [5, 5.41) is 1.20. The number of aromatic amines is 1. The maximum atomic E-state index is 12.8. The van der Waals surface area contributed by atoms with E-state index >= 15 is 0 Å². The van der Waals surface area contributed by atoms with Gasteiger partial charge >= 0.3 is 0 Å². The molecule has 4 rings (SSSR count). The van der Waals surface area contributed by atoms with E-state index < -0.39 is 0 Å². The second kappa shape index (κ2) is 5.68. The first kappa shape index (κ1) is 14.8. The number of nitrogens with one attached hydrogen (secondary N) is 1. The van der Waals surface area contributed by atoms with Crippen molar-refractivity contribution in [2.45, 2.75) is 26.3 Å². The van der Waals surface area contributed by atoms with Crippen molar-refractivity contribution in [1.82, 2.24) is 4.98 Å². The van der Waals surface area contributed by atoms with E-state index in [4.69, 9.17) is 0 Å². The molecule has 1 atom stereocenters. The number of aromatic nitrogens is 1. The minimum atomic E-state index is 0.0299. The number of carbonyl (C=O) groups excluding carboxylic acids is 1. The van der Waals surface area contributed by atoms with Crippen molar-refractivity contribution in [2.24, 2.45) is 0 Å². The van der Waals surface area contributed by atoms with Crippen molar-refractivity contribution in [2.75, 3.05) is 4.90 Å². The Hall–Kier alpha value is -2.81. The Kier molecular flexibility index (Phi) is 3.49. The van der Waals surface area contributed by atoms with Crippen LogP contribution in [-0.2, 0) is 11.2 Å². The zero-order valence-corrected chi connectivity index (χ0v) is 13.9. The third-order valence-electron chi connectivity index (χ3n) is 4.80. The summed E-state index contributed by atoms with van der Waals surface area (Å²) in [6, 6.07) is 16.5. The fourth-order valence-corrected chi connectivity index (χ4v) is 3.84. The molecule has 0 fully saturated rings. The molecule has 0 unspecified atom stereocenters. The monoisotopic (exact) mass is 316 g/mol. The van der Waals surface area contributed by atoms with Crippen LogP contribution in [0.15, 0.2) is 60.7 Å². The quantitative estimate of drug-likeness (QED) is 0.684. The van der Waals surface area contributed by atoms with E-state index in [1.54, 1.807) is 6.08 Å². The number of H-pyrrole nitrogens is 1. The highest BCUT2D eigenvalue weighted by Gasteiger charge is 2.35. The molecule has 120 valence electrons. The van der Waals surface area contributed by atoms with Crippen LogP contribution in [0.1, 0.15) is 29.8 Å². The normalized spacial score (nSPS) is 16.9. The number of nitrogens with zero attached hydrogens (tertiary/aromatic N) is 1. The van der Waals surface area contributed by atoms with Gasteiger partial charge in [-0.2, -0.15) is 0 Å². The molecule has 3 aromatic rings. The molecule has 1 amide bonds. The number of allylic oxidation sites excluding steroid dienone is 1. The Balaban J connectivity index is 1.90. The molecule has 2 heterocycles. The van der Waals surface area contributed by atoms with Crippen LogP contribution in [0.25, 0.3) is 10.9 Å². The molecule has 2 aromatic carbocycles. The molecular weight excluding hydrogens is 296 g/mol. The van der Waals surface area contributed by atoms with E-state index in [1.165, 1.54) is 16.5 Å². The van der Waals surface area contributed by atoms with Gasteiger partial charge in [0.25, 0.3) is 5.91 Å². The summed E-state index contributed by atoms with van der Waals surface area (Å²) in [6.45, 7) is 3.97. The zero-order valence-electron chi connectivity index (χ0n) is 13.9. The van der Waals surface area contributed by atoms with Crippen molar-refractivity contribution in [3.8, 4) is 0 Å². The molecular formula is C21H20N2O. The molecule has 3 heteroatoms. The summed E-state index contributed by atoms with van der Waals surface area (Å²) in [5.74, 6) is 0.0390. The van der Waals surface area contributed by atoms with Crippen LogP contribution < -0.4 is 4.90 Å². The van der Waals surface area contributed by atoms with Gasteiger partial charge in [-0.15, -0.1) is 0 Å². The number of benzene rings is 2. The van der Waals surface area contributed by atoms with Crippen LogP contribution in [0.5, 0.6) is 0 Å². The van der Waals surface area contributed by atoms with E-state index in [2.05, 4.69) is 36.2 Å². The number of aryl methyl sites for hydroxylation is 1. The van der Waals surface area contributed by atoms with Crippen LogP contribution in [0, 0.1) is 6.92 Å². The molecule has 0 spiro atoms. The van der Waals surface area contributed by atoms with Crippen LogP contribution in [0.2, 0.25) is 0 Å². The van der Waals surface area contributed by atoms with Crippen molar-refractivity contribution in [1.29, 1.82) is 0 Å². The van der Waals surface area contributed by atoms with Gasteiger partial charge in [0.1, 0.15) is 0 Å². The van der Waals surface area contributed by atoms with E-state index in [-0.39, 0.29) is 11.9 Å². The number of amides is 1. The lowest BCUT2D eigenvalue weighted by Crippen LogP contribution is -2.30. The zero-order chi connectivity index (χ0) is 16.7. The molecule has 0 bridgehead atoms. The van der Waals surface area contributed by atoms with Crippen LogP contribution in [0.3, 0.4) is 0 Å². The fraction of sp³-hybridized carbons (Fsp3) is 0.190. The van der Waals surface area contributed by atoms with Gasteiger partial charge < -0.3 is 9.88 Å². The highest BCUT2D eigenvalue weighted by Crippen LogP contribution is 2.43. The van der Waals surface area contributed by atoms with Crippen molar-refractivity contribution in [3.05, 3.63) is 77.5 Å². The Morgan fingerprint density at radius 3 is 2.75 bits per heavy atom. The van der Waals surface area contributed by atoms with E-state index in [0.717, 1.165) is 23.3 Å². The third kappa shape index (κ3) is 2.16. The average Bonchev–Trinajstić information content (AvgIpc) is 3.11. The largest absolute Gasteiger partial charge is 0.358 e. The summed E-state index contributed by atoms with van der Waals surface area (Å²) in [4.78, 5) is 18.2. The summed E-state index contributed by atoms with van der Waals surface area (Å²) >= 11 is 0. The molecule has 3 nitrogen and oxygen atoms in total.